The van der Waals surface area contributed by atoms with Crippen LogP contribution in [0.5, 0.6) is 0 Å². The van der Waals surface area contributed by atoms with Crippen molar-refractivity contribution < 1.29 is 4.42 Å². The van der Waals surface area contributed by atoms with Crippen LogP contribution >= 0.6 is 0 Å². The van der Waals surface area contributed by atoms with E-state index in [1.807, 2.05) is 6.07 Å². The Bertz CT molecular complexity index is 2450. The largest absolute Gasteiger partial charge is 0.455 e. The van der Waals surface area contributed by atoms with Crippen molar-refractivity contribution in [3.63, 3.8) is 0 Å². The molecule has 8 aromatic carbocycles. The lowest BCUT2D eigenvalue weighted by Gasteiger charge is -2.18. The molecule has 1 aromatic heterocycles. The Balaban J connectivity index is 1.27. The maximum atomic E-state index is 6.52. The molecule has 0 amide bonds. The molecule has 0 N–H and O–H groups in total. The number of furan rings is 1. The van der Waals surface area contributed by atoms with Gasteiger partial charge in [-0.25, -0.2) is 0 Å². The van der Waals surface area contributed by atoms with Gasteiger partial charge in [0.15, 0.2) is 0 Å². The van der Waals surface area contributed by atoms with Crippen molar-refractivity contribution in [3.05, 3.63) is 170 Å². The molecule has 45 heavy (non-hydrogen) atoms. The minimum atomic E-state index is 0.904. The van der Waals surface area contributed by atoms with Gasteiger partial charge in [-0.05, 0) is 72.6 Å². The van der Waals surface area contributed by atoms with Gasteiger partial charge in [0.05, 0.1) is 0 Å². The Morgan fingerprint density at radius 2 is 0.756 bits per heavy atom. The molecule has 9 rings (SSSR count). The van der Waals surface area contributed by atoms with Gasteiger partial charge in [0, 0.05) is 16.3 Å². The molecule has 0 aliphatic carbocycles. The molecule has 0 radical (unpaired) electrons. The van der Waals surface area contributed by atoms with Crippen molar-refractivity contribution in [2.45, 2.75) is 0 Å². The maximum absolute atomic E-state index is 6.52. The first-order valence-corrected chi connectivity index (χ1v) is 15.4. The van der Waals surface area contributed by atoms with E-state index in [1.54, 1.807) is 0 Å². The quantitative estimate of drug-likeness (QED) is 0.191. The summed E-state index contributed by atoms with van der Waals surface area (Å²) in [5.41, 5.74) is 11.5. The molecule has 1 heteroatoms. The van der Waals surface area contributed by atoms with E-state index in [9.17, 15) is 0 Å². The zero-order chi connectivity index (χ0) is 29.7. The Kier molecular flexibility index (Phi) is 5.89. The molecular formula is C44H28O. The van der Waals surface area contributed by atoms with Gasteiger partial charge >= 0.3 is 0 Å². The predicted octanol–water partition coefficient (Wildman–Crippen LogP) is 12.6. The monoisotopic (exact) mass is 572 g/mol. The molecule has 9 aromatic rings. The first-order chi connectivity index (χ1) is 22.3. The van der Waals surface area contributed by atoms with Gasteiger partial charge in [0.1, 0.15) is 11.2 Å². The van der Waals surface area contributed by atoms with Crippen molar-refractivity contribution in [1.29, 1.82) is 0 Å². The fourth-order valence-corrected chi connectivity index (χ4v) is 7.01. The van der Waals surface area contributed by atoms with Crippen LogP contribution in [0, 0.1) is 0 Å². The van der Waals surface area contributed by atoms with Gasteiger partial charge < -0.3 is 4.42 Å². The van der Waals surface area contributed by atoms with Gasteiger partial charge in [-0.3, -0.25) is 0 Å². The predicted molar refractivity (Wildman–Crippen MR) is 190 cm³/mol. The number of hydrogen-bond acceptors (Lipinski definition) is 1. The van der Waals surface area contributed by atoms with Crippen molar-refractivity contribution >= 4 is 43.5 Å². The number of benzene rings is 8. The summed E-state index contributed by atoms with van der Waals surface area (Å²) in [6, 6.07) is 60.9. The lowest BCUT2D eigenvalue weighted by Crippen LogP contribution is -1.91. The first-order valence-electron chi connectivity index (χ1n) is 15.4. The zero-order valence-electron chi connectivity index (χ0n) is 24.6. The van der Waals surface area contributed by atoms with E-state index in [1.165, 1.54) is 54.9 Å². The number of para-hydroxylation sites is 1. The normalized spacial score (nSPS) is 11.6. The van der Waals surface area contributed by atoms with Crippen molar-refractivity contribution in [1.82, 2.24) is 0 Å². The summed E-state index contributed by atoms with van der Waals surface area (Å²) in [7, 11) is 0. The first kappa shape index (κ1) is 25.6. The summed E-state index contributed by atoms with van der Waals surface area (Å²) >= 11 is 0. The lowest BCUT2D eigenvalue weighted by molar-refractivity contribution is 0.670. The van der Waals surface area contributed by atoms with Crippen molar-refractivity contribution in [3.8, 4) is 44.5 Å². The zero-order valence-corrected chi connectivity index (χ0v) is 24.6. The van der Waals surface area contributed by atoms with Crippen LogP contribution < -0.4 is 0 Å². The highest BCUT2D eigenvalue weighted by atomic mass is 16.3. The average Bonchev–Trinajstić information content (AvgIpc) is 3.49. The highest BCUT2D eigenvalue weighted by Gasteiger charge is 2.18. The van der Waals surface area contributed by atoms with Crippen LogP contribution in [0.1, 0.15) is 0 Å². The Hall–Kier alpha value is -5.92. The van der Waals surface area contributed by atoms with Crippen molar-refractivity contribution in [2.75, 3.05) is 0 Å². The van der Waals surface area contributed by atoms with Crippen LogP contribution in [0.3, 0.4) is 0 Å². The molecule has 0 saturated carbocycles. The lowest BCUT2D eigenvalue weighted by atomic mass is 9.85. The Labute approximate surface area is 261 Å². The van der Waals surface area contributed by atoms with Crippen LogP contribution in [-0.2, 0) is 0 Å². The molecule has 0 spiro atoms. The maximum Gasteiger partial charge on any atom is 0.143 e. The molecule has 0 atom stereocenters. The van der Waals surface area contributed by atoms with Crippen LogP contribution in [0.2, 0.25) is 0 Å². The summed E-state index contributed by atoms with van der Waals surface area (Å²) in [5, 5.41) is 7.27. The van der Waals surface area contributed by atoms with Gasteiger partial charge in [-0.1, -0.05) is 158 Å². The van der Waals surface area contributed by atoms with E-state index in [0.717, 1.165) is 33.1 Å². The number of rotatable bonds is 4. The standard InChI is InChI=1S/C44H28O/c1-3-12-29(13-4-1)30-22-24-32(25-23-30)42-35-16-7-9-18-37(35)43(38-19-10-8-17-36(38)42)33-26-27-41-40(28-33)39-21-11-20-34(44(39)45-41)31-14-5-2-6-15-31/h1-28H. The Morgan fingerprint density at radius 3 is 1.38 bits per heavy atom. The summed E-state index contributed by atoms with van der Waals surface area (Å²) < 4.78 is 6.52. The summed E-state index contributed by atoms with van der Waals surface area (Å²) in [6.07, 6.45) is 0. The summed E-state index contributed by atoms with van der Waals surface area (Å²) in [6.45, 7) is 0. The second-order valence-electron chi connectivity index (χ2n) is 11.6. The van der Waals surface area contributed by atoms with Crippen LogP contribution in [0.15, 0.2) is 174 Å². The minimum absolute atomic E-state index is 0.904. The smallest absolute Gasteiger partial charge is 0.143 e. The molecule has 210 valence electrons. The summed E-state index contributed by atoms with van der Waals surface area (Å²) in [5.74, 6) is 0. The molecule has 0 saturated heterocycles. The van der Waals surface area contributed by atoms with Crippen LogP contribution in [0.25, 0.3) is 88.0 Å². The number of hydrogen-bond donors (Lipinski definition) is 0. The summed E-state index contributed by atoms with van der Waals surface area (Å²) in [4.78, 5) is 0. The van der Waals surface area contributed by atoms with E-state index >= 15 is 0 Å². The third-order valence-corrected chi connectivity index (χ3v) is 9.08. The van der Waals surface area contributed by atoms with E-state index in [4.69, 9.17) is 4.42 Å². The second kappa shape index (κ2) is 10.4. The molecular weight excluding hydrogens is 544 g/mol. The fourth-order valence-electron chi connectivity index (χ4n) is 7.01. The average molecular weight is 573 g/mol. The van der Waals surface area contributed by atoms with E-state index in [0.29, 0.717) is 0 Å². The Morgan fingerprint density at radius 1 is 0.289 bits per heavy atom. The number of fused-ring (bicyclic) bond motifs is 5. The second-order valence-corrected chi connectivity index (χ2v) is 11.6. The highest BCUT2D eigenvalue weighted by Crippen LogP contribution is 2.45. The molecule has 0 fully saturated rings. The van der Waals surface area contributed by atoms with Gasteiger partial charge in [-0.2, -0.15) is 0 Å². The highest BCUT2D eigenvalue weighted by molar-refractivity contribution is 6.22. The third kappa shape index (κ3) is 4.17. The van der Waals surface area contributed by atoms with Crippen LogP contribution in [0.4, 0.5) is 0 Å². The van der Waals surface area contributed by atoms with E-state index in [2.05, 4.69) is 164 Å². The van der Waals surface area contributed by atoms with Gasteiger partial charge in [0.25, 0.3) is 0 Å². The molecule has 0 bridgehead atoms. The third-order valence-electron chi connectivity index (χ3n) is 9.08. The minimum Gasteiger partial charge on any atom is -0.455 e. The van der Waals surface area contributed by atoms with E-state index < -0.39 is 0 Å². The van der Waals surface area contributed by atoms with Crippen molar-refractivity contribution in [2.24, 2.45) is 0 Å². The van der Waals surface area contributed by atoms with Crippen LogP contribution in [-0.4, -0.2) is 0 Å². The molecule has 0 aliphatic heterocycles. The van der Waals surface area contributed by atoms with E-state index in [-0.39, 0.29) is 0 Å². The fraction of sp³-hybridized carbons (Fsp3) is 0. The van der Waals surface area contributed by atoms with Gasteiger partial charge in [-0.15, -0.1) is 0 Å². The molecule has 0 unspecified atom stereocenters. The van der Waals surface area contributed by atoms with Gasteiger partial charge in [0.2, 0.25) is 0 Å². The molecule has 1 heterocycles. The molecule has 0 aliphatic rings. The topological polar surface area (TPSA) is 13.1 Å². The SMILES string of the molecule is c1ccc(-c2ccc(-c3c4ccccc4c(-c4ccc5oc6c(-c7ccccc7)cccc6c5c4)c4ccccc34)cc2)cc1. The molecule has 1 nitrogen and oxygen atoms in total.